The lowest BCUT2D eigenvalue weighted by Crippen LogP contribution is -2.38. The number of nitrogens with zero attached hydrogens (tertiary/aromatic N) is 4. The van der Waals surface area contributed by atoms with Crippen molar-refractivity contribution < 1.29 is 37.3 Å². The number of aromatic nitrogens is 4. The van der Waals surface area contributed by atoms with E-state index in [9.17, 15) is 18.0 Å². The zero-order valence-electron chi connectivity index (χ0n) is 12.9. The number of rotatable bonds is 4. The van der Waals surface area contributed by atoms with Crippen LogP contribution in [0.1, 0.15) is 6.42 Å². The number of carbonyl (C=O) groups excluding carboxylic acids is 2. The first-order chi connectivity index (χ1) is 11.7. The highest BCUT2D eigenvalue weighted by Crippen LogP contribution is 2.12. The first kappa shape index (κ1) is 19.9. The van der Waals surface area contributed by atoms with E-state index in [-0.39, 0.29) is 5.97 Å². The summed E-state index contributed by atoms with van der Waals surface area (Å²) < 4.78 is 37.8. The minimum Gasteiger partial charge on any atom is -0.542 e. The van der Waals surface area contributed by atoms with Crippen LogP contribution in [0.5, 0.6) is 0 Å². The second kappa shape index (κ2) is 9.25. The first-order valence-electron chi connectivity index (χ1n) is 6.73. The van der Waals surface area contributed by atoms with Crippen LogP contribution in [0.3, 0.4) is 0 Å². The Morgan fingerprint density at radius 2 is 2.00 bits per heavy atom. The highest BCUT2D eigenvalue weighted by molar-refractivity contribution is 5.70. The zero-order valence-corrected chi connectivity index (χ0v) is 12.9. The third-order valence-corrected chi connectivity index (χ3v) is 2.64. The number of carboxylic acids is 1. The maximum atomic E-state index is 11.0. The fraction of sp³-hybridized carbons (Fsp3) is 0.286. The molecule has 0 amide bonds. The number of aryl methyl sites for hydroxylation is 1. The number of carboxylic acid groups (broad SMARTS) is 1. The van der Waals surface area contributed by atoms with Gasteiger partial charge < -0.3 is 14.6 Å². The molecule has 2 heterocycles. The van der Waals surface area contributed by atoms with Crippen LogP contribution in [0.15, 0.2) is 36.8 Å². The van der Waals surface area contributed by atoms with Crippen molar-refractivity contribution in [2.75, 3.05) is 7.11 Å². The monoisotopic (exact) mass is 358 g/mol. The van der Waals surface area contributed by atoms with E-state index in [1.807, 2.05) is 18.2 Å². The molecule has 2 rings (SSSR count). The number of methoxy groups -OCH3 is 1. The third kappa shape index (κ3) is 7.33. The molecular formula is C14H13F3N4O4. The zero-order chi connectivity index (χ0) is 18.9. The summed E-state index contributed by atoms with van der Waals surface area (Å²) in [6.45, 7) is 0.493. The molecule has 0 saturated carbocycles. The van der Waals surface area contributed by atoms with E-state index >= 15 is 0 Å². The smallest absolute Gasteiger partial charge is 0.430 e. The van der Waals surface area contributed by atoms with Gasteiger partial charge in [0.15, 0.2) is 12.7 Å². The van der Waals surface area contributed by atoms with E-state index in [1.54, 1.807) is 23.3 Å². The topological polar surface area (TPSA) is 109 Å². The SMILES string of the molecule is COC(=O)CC[n+]1ccc(-c2cccnn2)cn1.O=C([O-])C(F)(F)F. The Bertz CT molecular complexity index is 693. The molecule has 8 nitrogen and oxygen atoms in total. The van der Waals surface area contributed by atoms with Crippen molar-refractivity contribution in [2.45, 2.75) is 19.1 Å². The second-order valence-corrected chi connectivity index (χ2v) is 4.40. The predicted octanol–water partition coefficient (Wildman–Crippen LogP) is -0.312. The van der Waals surface area contributed by atoms with Crippen LogP contribution in [0, 0.1) is 0 Å². The Labute approximate surface area is 139 Å². The van der Waals surface area contributed by atoms with Crippen LogP contribution >= 0.6 is 0 Å². The molecule has 0 fully saturated rings. The Morgan fingerprint density at radius 3 is 2.44 bits per heavy atom. The molecule has 0 bridgehead atoms. The van der Waals surface area contributed by atoms with Gasteiger partial charge in [-0.05, 0) is 17.2 Å². The van der Waals surface area contributed by atoms with E-state index < -0.39 is 12.1 Å². The van der Waals surface area contributed by atoms with E-state index in [0.29, 0.717) is 13.0 Å². The van der Waals surface area contributed by atoms with Crippen molar-refractivity contribution in [1.29, 1.82) is 0 Å². The first-order valence-corrected chi connectivity index (χ1v) is 6.73. The van der Waals surface area contributed by atoms with Crippen molar-refractivity contribution in [3.8, 4) is 11.3 Å². The Balaban J connectivity index is 0.000000381. The molecule has 2 aromatic rings. The summed E-state index contributed by atoms with van der Waals surface area (Å²) in [5.74, 6) is -3.25. The molecular weight excluding hydrogens is 345 g/mol. The number of halogens is 3. The molecule has 0 radical (unpaired) electrons. The normalized spacial score (nSPS) is 10.4. The molecule has 0 saturated heterocycles. The van der Waals surface area contributed by atoms with Crippen LogP contribution in [0.2, 0.25) is 0 Å². The lowest BCUT2D eigenvalue weighted by atomic mass is 10.2. The van der Waals surface area contributed by atoms with Gasteiger partial charge in [0, 0.05) is 17.8 Å². The number of carbonyl (C=O) groups is 2. The van der Waals surface area contributed by atoms with Crippen molar-refractivity contribution in [3.05, 3.63) is 36.8 Å². The highest BCUT2D eigenvalue weighted by Gasteiger charge is 2.28. The summed E-state index contributed by atoms with van der Waals surface area (Å²) in [6.07, 6.45) is 0.226. The van der Waals surface area contributed by atoms with Crippen molar-refractivity contribution >= 4 is 11.9 Å². The van der Waals surface area contributed by atoms with Gasteiger partial charge in [-0.25, -0.2) is 0 Å². The molecule has 134 valence electrons. The number of esters is 1. The van der Waals surface area contributed by atoms with Crippen molar-refractivity contribution in [2.24, 2.45) is 0 Å². The largest absolute Gasteiger partial charge is 0.542 e. The number of ether oxygens (including phenoxy) is 1. The van der Waals surface area contributed by atoms with Crippen LogP contribution in [0.4, 0.5) is 13.2 Å². The molecule has 0 aliphatic carbocycles. The van der Waals surface area contributed by atoms with Crippen molar-refractivity contribution in [1.82, 2.24) is 15.3 Å². The minimum atomic E-state index is -5.19. The van der Waals surface area contributed by atoms with Gasteiger partial charge in [0.25, 0.3) is 0 Å². The summed E-state index contributed by atoms with van der Waals surface area (Å²) in [6, 6.07) is 5.57. The van der Waals surface area contributed by atoms with Crippen LogP contribution in [0.25, 0.3) is 11.3 Å². The Kier molecular flexibility index (Phi) is 7.38. The molecule has 11 heteroatoms. The molecule has 2 aromatic heterocycles. The summed E-state index contributed by atoms with van der Waals surface area (Å²) >= 11 is 0. The number of hydrogen-bond acceptors (Lipinski definition) is 7. The number of alkyl halides is 3. The van der Waals surface area contributed by atoms with Gasteiger partial charge in [0.05, 0.1) is 12.8 Å². The van der Waals surface area contributed by atoms with Gasteiger partial charge in [-0.1, -0.05) is 4.68 Å². The van der Waals surface area contributed by atoms with Gasteiger partial charge in [0.1, 0.15) is 18.6 Å². The van der Waals surface area contributed by atoms with E-state index in [1.165, 1.54) is 7.11 Å². The van der Waals surface area contributed by atoms with E-state index in [0.717, 1.165) is 11.3 Å². The molecule has 25 heavy (non-hydrogen) atoms. The van der Waals surface area contributed by atoms with Gasteiger partial charge in [0.2, 0.25) is 0 Å². The predicted molar refractivity (Wildman–Crippen MR) is 73.2 cm³/mol. The van der Waals surface area contributed by atoms with Crippen LogP contribution < -0.4 is 9.79 Å². The quantitative estimate of drug-likeness (QED) is 0.545. The maximum absolute atomic E-state index is 11.0. The van der Waals surface area contributed by atoms with Crippen LogP contribution in [-0.4, -0.2) is 40.5 Å². The minimum absolute atomic E-state index is 0.248. The Hall–Kier alpha value is -3.11. The number of aliphatic carboxylic acids is 1. The average Bonchev–Trinajstić information content (AvgIpc) is 2.60. The molecule has 0 aliphatic rings. The Morgan fingerprint density at radius 1 is 1.32 bits per heavy atom. The van der Waals surface area contributed by atoms with Gasteiger partial charge in [-0.15, -0.1) is 0 Å². The van der Waals surface area contributed by atoms with Gasteiger partial charge in [-0.3, -0.25) is 4.79 Å². The summed E-state index contributed by atoms with van der Waals surface area (Å²) in [5.41, 5.74) is 1.66. The standard InChI is InChI=1S/C12H13N4O2.C2HF3O2/c1-18-12(17)5-8-16-7-4-10(9-14-16)11-3-2-6-13-15-11;3-2(4,5)1(6)7/h2-4,6-7,9H,5,8H2,1H3;(H,6,7)/q+1;/p-1. The summed E-state index contributed by atoms with van der Waals surface area (Å²) in [5, 5.41) is 20.8. The highest BCUT2D eigenvalue weighted by atomic mass is 19.4. The fourth-order valence-corrected chi connectivity index (χ4v) is 1.43. The van der Waals surface area contributed by atoms with E-state index in [2.05, 4.69) is 20.0 Å². The maximum Gasteiger partial charge on any atom is 0.430 e. The molecule has 0 spiro atoms. The van der Waals surface area contributed by atoms with Crippen molar-refractivity contribution in [3.63, 3.8) is 0 Å². The summed E-state index contributed by atoms with van der Waals surface area (Å²) in [7, 11) is 1.37. The molecule has 0 atom stereocenters. The molecule has 0 N–H and O–H groups in total. The average molecular weight is 358 g/mol. The second-order valence-electron chi connectivity index (χ2n) is 4.40. The fourth-order valence-electron chi connectivity index (χ4n) is 1.43. The van der Waals surface area contributed by atoms with Gasteiger partial charge in [-0.2, -0.15) is 23.4 Å². The van der Waals surface area contributed by atoms with Gasteiger partial charge >= 0.3 is 12.1 Å². The lowest BCUT2D eigenvalue weighted by Gasteiger charge is -2.03. The van der Waals surface area contributed by atoms with E-state index in [4.69, 9.17) is 9.90 Å². The van der Waals surface area contributed by atoms with Crippen LogP contribution in [-0.2, 0) is 20.9 Å². The third-order valence-electron chi connectivity index (χ3n) is 2.64. The molecule has 0 aromatic carbocycles. The molecule has 0 aliphatic heterocycles. The molecule has 0 unspecified atom stereocenters. The number of hydrogen-bond donors (Lipinski definition) is 0. The summed E-state index contributed by atoms with van der Waals surface area (Å²) in [4.78, 5) is 19.8. The lowest BCUT2D eigenvalue weighted by molar-refractivity contribution is -0.752.